The highest BCUT2D eigenvalue weighted by Crippen LogP contribution is 2.43. The Morgan fingerprint density at radius 2 is 1.94 bits per heavy atom. The van der Waals surface area contributed by atoms with E-state index in [1.807, 2.05) is 18.0 Å². The second-order valence-corrected chi connectivity index (χ2v) is 15.1. The van der Waals surface area contributed by atoms with E-state index in [1.165, 1.54) is 12.0 Å². The van der Waals surface area contributed by atoms with E-state index in [2.05, 4.69) is 116 Å². The first-order chi connectivity index (χ1) is 24.0. The fourth-order valence-electron chi connectivity index (χ4n) is 7.77. The van der Waals surface area contributed by atoms with Gasteiger partial charge >= 0.3 is 0 Å². The Balaban J connectivity index is 1.16. The van der Waals surface area contributed by atoms with Crippen LogP contribution < -0.4 is 10.1 Å². The summed E-state index contributed by atoms with van der Waals surface area (Å²) in [7, 11) is 2.15. The lowest BCUT2D eigenvalue weighted by Crippen LogP contribution is -2.50. The molecule has 1 saturated heterocycles. The molecule has 3 N–H and O–H groups in total. The molecule has 0 radical (unpaired) electrons. The maximum atomic E-state index is 13.9. The number of ether oxygens (including phenoxy) is 1. The third-order valence-corrected chi connectivity index (χ3v) is 10.6. The molecule has 262 valence electrons. The maximum absolute atomic E-state index is 13.9. The maximum Gasteiger partial charge on any atom is 0.246 e. The molecule has 9 nitrogen and oxygen atoms in total. The van der Waals surface area contributed by atoms with Gasteiger partial charge in [0.1, 0.15) is 30.0 Å². The lowest BCUT2D eigenvalue weighted by molar-refractivity contribution is -0.137. The van der Waals surface area contributed by atoms with Gasteiger partial charge in [-0.2, -0.15) is 0 Å². The molecule has 1 amide bonds. The van der Waals surface area contributed by atoms with Crippen molar-refractivity contribution >= 4 is 27.7 Å². The van der Waals surface area contributed by atoms with Crippen LogP contribution in [0.5, 0.6) is 5.75 Å². The average Bonchev–Trinajstić information content (AvgIpc) is 3.84. The Morgan fingerprint density at radius 1 is 1.12 bits per heavy atom. The van der Waals surface area contributed by atoms with Crippen LogP contribution in [0.1, 0.15) is 84.1 Å². The van der Waals surface area contributed by atoms with Gasteiger partial charge in [0.05, 0.1) is 35.5 Å². The molecule has 0 aliphatic carbocycles. The molecular weight excluding hydrogens is 622 g/mol. The van der Waals surface area contributed by atoms with Crippen LogP contribution in [0, 0.1) is 11.8 Å². The summed E-state index contributed by atoms with van der Waals surface area (Å²) in [6.07, 6.45) is 4.92. The standard InChI is InChI=1S/C41H51N7O2/c1-9-25(6)20-47(8)21-37-42-19-34(44-37)28-11-13-30-29(16-28)22-50-36-18-31-27(17-32(30)36)12-14-33-39(31)46-40(45-33)35-15-10-26(7)48(35)41(49)38(23(2)3)43-24(4)5/h11-14,16-19,23,25-26,35,38,43H,4,9-10,15,20-22H2,1-3,5-8H3,(H,42,44)(H,45,46)/t25?,26-,35-,38?/m0/s1. The largest absolute Gasteiger partial charge is 0.488 e. The van der Waals surface area contributed by atoms with Crippen molar-refractivity contribution in [2.45, 2.75) is 92.1 Å². The van der Waals surface area contributed by atoms with Crippen molar-refractivity contribution in [3.05, 3.63) is 78.1 Å². The molecule has 4 atom stereocenters. The molecule has 50 heavy (non-hydrogen) atoms. The number of imidazole rings is 2. The van der Waals surface area contributed by atoms with E-state index in [4.69, 9.17) is 9.72 Å². The Bertz CT molecular complexity index is 2060. The zero-order valence-electron chi connectivity index (χ0n) is 30.6. The van der Waals surface area contributed by atoms with E-state index >= 15 is 0 Å². The number of likely N-dealkylation sites (tertiary alicyclic amines) is 1. The van der Waals surface area contributed by atoms with Crippen LogP contribution in [-0.4, -0.2) is 61.3 Å². The lowest BCUT2D eigenvalue weighted by atomic mass is 9.92. The fourth-order valence-corrected chi connectivity index (χ4v) is 7.77. The Morgan fingerprint density at radius 3 is 2.70 bits per heavy atom. The van der Waals surface area contributed by atoms with Crippen LogP contribution >= 0.6 is 0 Å². The number of hydrogen-bond acceptors (Lipinski definition) is 6. The van der Waals surface area contributed by atoms with Gasteiger partial charge < -0.3 is 24.9 Å². The number of allylic oxidation sites excluding steroid dienone is 1. The summed E-state index contributed by atoms with van der Waals surface area (Å²) < 4.78 is 6.42. The van der Waals surface area contributed by atoms with Gasteiger partial charge in [-0.1, -0.05) is 58.9 Å². The fraction of sp³-hybridized carbons (Fsp3) is 0.439. The van der Waals surface area contributed by atoms with Crippen LogP contribution in [0.2, 0.25) is 0 Å². The van der Waals surface area contributed by atoms with Gasteiger partial charge in [0, 0.05) is 29.2 Å². The predicted octanol–water partition coefficient (Wildman–Crippen LogP) is 8.34. The van der Waals surface area contributed by atoms with Crippen LogP contribution in [0.3, 0.4) is 0 Å². The van der Waals surface area contributed by atoms with E-state index in [-0.39, 0.29) is 30.0 Å². The van der Waals surface area contributed by atoms with Gasteiger partial charge in [0.25, 0.3) is 0 Å². The van der Waals surface area contributed by atoms with Crippen molar-refractivity contribution in [2.24, 2.45) is 11.8 Å². The summed E-state index contributed by atoms with van der Waals surface area (Å²) in [6.45, 7) is 19.1. The summed E-state index contributed by atoms with van der Waals surface area (Å²) in [5.74, 6) is 3.57. The Hall–Kier alpha value is -4.63. The number of carbonyl (C=O) groups is 1. The monoisotopic (exact) mass is 673 g/mol. The topological polar surface area (TPSA) is 102 Å². The number of carbonyl (C=O) groups excluding carboxylic acids is 1. The van der Waals surface area contributed by atoms with E-state index < -0.39 is 0 Å². The predicted molar refractivity (Wildman–Crippen MR) is 202 cm³/mol. The molecule has 2 unspecified atom stereocenters. The molecule has 9 heteroatoms. The van der Waals surface area contributed by atoms with Gasteiger partial charge in [-0.25, -0.2) is 9.97 Å². The van der Waals surface area contributed by atoms with E-state index in [1.54, 1.807) is 0 Å². The van der Waals surface area contributed by atoms with Crippen LogP contribution in [0.15, 0.2) is 60.9 Å². The number of aromatic nitrogens is 4. The smallest absolute Gasteiger partial charge is 0.246 e. The quantitative estimate of drug-likeness (QED) is 0.130. The molecule has 2 aliphatic rings. The van der Waals surface area contributed by atoms with Crippen LogP contribution in [0.4, 0.5) is 0 Å². The van der Waals surface area contributed by atoms with Crippen molar-refractivity contribution in [3.63, 3.8) is 0 Å². The van der Waals surface area contributed by atoms with Crippen molar-refractivity contribution < 1.29 is 9.53 Å². The third-order valence-electron chi connectivity index (χ3n) is 10.6. The number of H-pyrrole nitrogens is 2. The van der Waals surface area contributed by atoms with Crippen molar-refractivity contribution in [3.8, 4) is 28.1 Å². The number of fused-ring (bicyclic) bond motifs is 6. The van der Waals surface area contributed by atoms with Crippen molar-refractivity contribution in [2.75, 3.05) is 13.6 Å². The number of benzene rings is 3. The molecule has 0 saturated carbocycles. The van der Waals surface area contributed by atoms with Gasteiger partial charge in [-0.05, 0) is 91.9 Å². The molecule has 0 spiro atoms. The van der Waals surface area contributed by atoms with Crippen molar-refractivity contribution in [1.29, 1.82) is 0 Å². The minimum Gasteiger partial charge on any atom is -0.488 e. The summed E-state index contributed by atoms with van der Waals surface area (Å²) in [4.78, 5) is 35.3. The van der Waals surface area contributed by atoms with Crippen LogP contribution in [-0.2, 0) is 17.9 Å². The molecule has 2 aliphatic heterocycles. The number of amides is 1. The molecule has 1 fully saturated rings. The summed E-state index contributed by atoms with van der Waals surface area (Å²) >= 11 is 0. The normalized spacial score (nSPS) is 18.4. The summed E-state index contributed by atoms with van der Waals surface area (Å²) in [6, 6.07) is 14.9. The minimum atomic E-state index is -0.327. The van der Waals surface area contributed by atoms with E-state index in [0.717, 1.165) is 93.2 Å². The summed E-state index contributed by atoms with van der Waals surface area (Å²) in [5, 5.41) is 5.47. The Kier molecular flexibility index (Phi) is 9.20. The van der Waals surface area contributed by atoms with E-state index in [0.29, 0.717) is 12.5 Å². The number of nitrogens with zero attached hydrogens (tertiary/aromatic N) is 4. The zero-order valence-corrected chi connectivity index (χ0v) is 30.6. The van der Waals surface area contributed by atoms with Gasteiger partial charge in [0.15, 0.2) is 0 Å². The molecule has 5 aromatic rings. The Labute approximate surface area is 295 Å². The highest BCUT2D eigenvalue weighted by molar-refractivity contribution is 6.07. The van der Waals surface area contributed by atoms with Gasteiger partial charge in [-0.3, -0.25) is 9.69 Å². The van der Waals surface area contributed by atoms with Gasteiger partial charge in [-0.15, -0.1) is 0 Å². The minimum absolute atomic E-state index is 0.102. The molecule has 7 rings (SSSR count). The second kappa shape index (κ2) is 13.6. The summed E-state index contributed by atoms with van der Waals surface area (Å²) in [5.41, 5.74) is 8.22. The highest BCUT2D eigenvalue weighted by Gasteiger charge is 2.40. The second-order valence-electron chi connectivity index (χ2n) is 15.1. The van der Waals surface area contributed by atoms with Gasteiger partial charge in [0.2, 0.25) is 5.91 Å². The zero-order chi connectivity index (χ0) is 35.3. The third kappa shape index (κ3) is 6.39. The molecular formula is C41H51N7O2. The van der Waals surface area contributed by atoms with E-state index in [9.17, 15) is 4.79 Å². The molecule has 3 aromatic carbocycles. The lowest BCUT2D eigenvalue weighted by Gasteiger charge is -2.33. The SMILES string of the molecule is C=C(C)NC(C(=O)N1[C@@H](C)CC[C@H]1c1nc2c(ccc3cc4c(cc32)OCc2cc(-c3cnc(CN(C)CC(C)CC)[nH]3)ccc2-4)[nH]1)C(C)C. The first-order valence-corrected chi connectivity index (χ1v) is 18.2. The van der Waals surface area contributed by atoms with Crippen molar-refractivity contribution in [1.82, 2.24) is 35.1 Å². The molecule has 2 aromatic heterocycles. The molecule has 0 bridgehead atoms. The highest BCUT2D eigenvalue weighted by atomic mass is 16.5. The number of hydrogen-bond donors (Lipinski definition) is 3. The number of rotatable bonds is 11. The average molecular weight is 674 g/mol. The first-order valence-electron chi connectivity index (χ1n) is 18.2. The number of aromatic amines is 2. The molecule has 4 heterocycles. The number of nitrogens with one attached hydrogen (secondary N) is 3. The van der Waals surface area contributed by atoms with Crippen LogP contribution in [0.25, 0.3) is 44.2 Å². The first kappa shape index (κ1) is 33.8.